The SMILES string of the molecule is CN(C)S(=O)(=O)c1ccc(NC(=O)C[NH+]2CCC[C@H]2c2cccs2)cc1. The molecule has 26 heavy (non-hydrogen) atoms. The third-order valence-corrected chi connectivity index (χ3v) is 7.49. The lowest BCUT2D eigenvalue weighted by atomic mass is 10.2. The van der Waals surface area contributed by atoms with Gasteiger partial charge < -0.3 is 10.2 Å². The maximum atomic E-state index is 12.4. The van der Waals surface area contributed by atoms with Gasteiger partial charge in [-0.25, -0.2) is 12.7 Å². The molecule has 0 bridgehead atoms. The van der Waals surface area contributed by atoms with Gasteiger partial charge in [0.25, 0.3) is 5.91 Å². The van der Waals surface area contributed by atoms with Crippen molar-refractivity contribution in [3.8, 4) is 0 Å². The van der Waals surface area contributed by atoms with E-state index < -0.39 is 10.0 Å². The van der Waals surface area contributed by atoms with Crippen LogP contribution >= 0.6 is 11.3 Å². The Morgan fingerprint density at radius 2 is 2.00 bits per heavy atom. The van der Waals surface area contributed by atoms with Gasteiger partial charge in [0.05, 0.1) is 16.3 Å². The first kappa shape index (κ1) is 19.0. The molecule has 1 unspecified atom stereocenters. The predicted octanol–water partition coefficient (Wildman–Crippen LogP) is 1.36. The lowest BCUT2D eigenvalue weighted by molar-refractivity contribution is -0.910. The lowest BCUT2D eigenvalue weighted by Crippen LogP contribution is -3.11. The number of hydrogen-bond acceptors (Lipinski definition) is 4. The van der Waals surface area contributed by atoms with E-state index in [2.05, 4.69) is 22.8 Å². The zero-order valence-corrected chi connectivity index (χ0v) is 16.6. The molecule has 1 aliphatic rings. The van der Waals surface area contributed by atoms with E-state index in [0.717, 1.165) is 19.4 Å². The number of thiophene rings is 1. The van der Waals surface area contributed by atoms with E-state index in [-0.39, 0.29) is 10.8 Å². The minimum Gasteiger partial charge on any atom is -0.321 e. The van der Waals surface area contributed by atoms with Gasteiger partial charge in [0.15, 0.2) is 6.54 Å². The molecular formula is C18H24N3O3S2+. The molecule has 6 nitrogen and oxygen atoms in total. The van der Waals surface area contributed by atoms with Gasteiger partial charge in [-0.05, 0) is 35.7 Å². The number of carbonyl (C=O) groups is 1. The van der Waals surface area contributed by atoms with E-state index >= 15 is 0 Å². The maximum Gasteiger partial charge on any atom is 0.279 e. The standard InChI is InChI=1S/C18H23N3O3S2/c1-20(2)26(23,24)15-9-7-14(8-10-15)19-18(22)13-21-11-3-5-16(21)17-6-4-12-25-17/h4,6-10,12,16H,3,5,11,13H2,1-2H3,(H,19,22)/p+1/t16-/m0/s1. The van der Waals surface area contributed by atoms with Gasteiger partial charge in [0.2, 0.25) is 10.0 Å². The molecule has 1 saturated heterocycles. The average Bonchev–Trinajstić information content (AvgIpc) is 3.26. The summed E-state index contributed by atoms with van der Waals surface area (Å²) in [6, 6.07) is 10.9. The number of anilines is 1. The van der Waals surface area contributed by atoms with Crippen molar-refractivity contribution in [3.05, 3.63) is 46.7 Å². The van der Waals surface area contributed by atoms with E-state index in [0.29, 0.717) is 18.3 Å². The largest absolute Gasteiger partial charge is 0.321 e. The molecule has 1 aliphatic heterocycles. The zero-order chi connectivity index (χ0) is 18.7. The summed E-state index contributed by atoms with van der Waals surface area (Å²) < 4.78 is 25.3. The monoisotopic (exact) mass is 394 g/mol. The van der Waals surface area contributed by atoms with Gasteiger partial charge in [-0.3, -0.25) is 4.79 Å². The Bertz CT molecular complexity index is 846. The van der Waals surface area contributed by atoms with Crippen LogP contribution in [0.3, 0.4) is 0 Å². The Labute approximate surface area is 158 Å². The highest BCUT2D eigenvalue weighted by Gasteiger charge is 2.32. The van der Waals surface area contributed by atoms with Crippen LogP contribution in [-0.2, 0) is 14.8 Å². The Morgan fingerprint density at radius 1 is 1.27 bits per heavy atom. The van der Waals surface area contributed by atoms with Crippen LogP contribution in [0.25, 0.3) is 0 Å². The molecule has 1 fully saturated rings. The fourth-order valence-electron chi connectivity index (χ4n) is 3.29. The molecule has 1 aromatic heterocycles. The number of rotatable bonds is 6. The van der Waals surface area contributed by atoms with E-state index in [9.17, 15) is 13.2 Å². The molecule has 8 heteroatoms. The van der Waals surface area contributed by atoms with Crippen molar-refractivity contribution in [2.45, 2.75) is 23.8 Å². The molecule has 2 N–H and O–H groups in total. The summed E-state index contributed by atoms with van der Waals surface area (Å²) in [6.45, 7) is 1.41. The van der Waals surface area contributed by atoms with Crippen LogP contribution < -0.4 is 10.2 Å². The minimum absolute atomic E-state index is 0.0494. The first-order valence-corrected chi connectivity index (χ1v) is 10.9. The Balaban J connectivity index is 1.62. The van der Waals surface area contributed by atoms with Gasteiger partial charge in [-0.15, -0.1) is 11.3 Å². The molecule has 0 saturated carbocycles. The molecular weight excluding hydrogens is 370 g/mol. The summed E-state index contributed by atoms with van der Waals surface area (Å²) >= 11 is 1.75. The number of benzene rings is 1. The predicted molar refractivity (Wildman–Crippen MR) is 103 cm³/mol. The van der Waals surface area contributed by atoms with E-state index in [4.69, 9.17) is 0 Å². The summed E-state index contributed by atoms with van der Waals surface area (Å²) in [4.78, 5) is 15.3. The molecule has 0 radical (unpaired) electrons. The maximum absolute atomic E-state index is 12.4. The molecule has 2 aromatic rings. The van der Waals surface area contributed by atoms with Crippen molar-refractivity contribution in [2.24, 2.45) is 0 Å². The zero-order valence-electron chi connectivity index (χ0n) is 14.9. The highest BCUT2D eigenvalue weighted by atomic mass is 32.2. The number of sulfonamides is 1. The number of likely N-dealkylation sites (tertiary alicyclic amines) is 1. The van der Waals surface area contributed by atoms with Crippen molar-refractivity contribution >= 4 is 33.0 Å². The van der Waals surface area contributed by atoms with Crippen LogP contribution in [0.2, 0.25) is 0 Å². The van der Waals surface area contributed by atoms with Crippen molar-refractivity contribution in [3.63, 3.8) is 0 Å². The van der Waals surface area contributed by atoms with E-state index in [1.54, 1.807) is 23.5 Å². The molecule has 0 spiro atoms. The summed E-state index contributed by atoms with van der Waals surface area (Å²) in [6.07, 6.45) is 2.24. The van der Waals surface area contributed by atoms with Gasteiger partial charge in [0, 0.05) is 32.6 Å². The quantitative estimate of drug-likeness (QED) is 0.777. The number of carbonyl (C=O) groups excluding carboxylic acids is 1. The van der Waals surface area contributed by atoms with Crippen LogP contribution in [0, 0.1) is 0 Å². The fourth-order valence-corrected chi connectivity index (χ4v) is 5.11. The topological polar surface area (TPSA) is 70.9 Å². The summed E-state index contributed by atoms with van der Waals surface area (Å²) in [5.41, 5.74) is 0.610. The number of quaternary nitrogens is 1. The summed E-state index contributed by atoms with van der Waals surface area (Å²) in [5, 5.41) is 4.96. The lowest BCUT2D eigenvalue weighted by Gasteiger charge is -2.20. The second-order valence-corrected chi connectivity index (χ2v) is 9.79. The molecule has 2 atom stereocenters. The first-order chi connectivity index (χ1) is 12.4. The van der Waals surface area contributed by atoms with Crippen molar-refractivity contribution in [1.29, 1.82) is 0 Å². The average molecular weight is 395 g/mol. The molecule has 140 valence electrons. The van der Waals surface area contributed by atoms with Gasteiger partial charge in [-0.1, -0.05) is 6.07 Å². The van der Waals surface area contributed by atoms with Crippen LogP contribution in [0.15, 0.2) is 46.7 Å². The normalized spacial score (nSPS) is 20.4. The smallest absolute Gasteiger partial charge is 0.279 e. The Morgan fingerprint density at radius 3 is 2.62 bits per heavy atom. The Kier molecular flexibility index (Phi) is 5.76. The third kappa shape index (κ3) is 4.15. The fraction of sp³-hybridized carbons (Fsp3) is 0.389. The first-order valence-electron chi connectivity index (χ1n) is 8.58. The van der Waals surface area contributed by atoms with Gasteiger partial charge in [-0.2, -0.15) is 0 Å². The minimum atomic E-state index is -3.46. The molecule has 1 amide bonds. The number of hydrogen-bond donors (Lipinski definition) is 2. The van der Waals surface area contributed by atoms with Crippen LogP contribution in [-0.4, -0.2) is 45.8 Å². The number of nitrogens with one attached hydrogen (secondary N) is 2. The van der Waals surface area contributed by atoms with Crippen molar-refractivity contribution in [1.82, 2.24) is 4.31 Å². The highest BCUT2D eigenvalue weighted by molar-refractivity contribution is 7.89. The van der Waals surface area contributed by atoms with Gasteiger partial charge in [0.1, 0.15) is 6.04 Å². The van der Waals surface area contributed by atoms with E-state index in [1.807, 2.05) is 0 Å². The molecule has 0 aliphatic carbocycles. The second-order valence-electron chi connectivity index (χ2n) is 6.66. The summed E-state index contributed by atoms with van der Waals surface area (Å²) in [5.74, 6) is -0.0494. The van der Waals surface area contributed by atoms with Crippen LogP contribution in [0.4, 0.5) is 5.69 Å². The number of amides is 1. The van der Waals surface area contributed by atoms with Gasteiger partial charge >= 0.3 is 0 Å². The molecule has 2 heterocycles. The van der Waals surface area contributed by atoms with E-state index in [1.165, 1.54) is 40.3 Å². The number of nitrogens with zero attached hydrogens (tertiary/aromatic N) is 1. The molecule has 1 aromatic carbocycles. The van der Waals surface area contributed by atoms with Crippen molar-refractivity contribution in [2.75, 3.05) is 32.5 Å². The third-order valence-electron chi connectivity index (χ3n) is 4.67. The second kappa shape index (κ2) is 7.87. The Hall–Kier alpha value is -1.74. The highest BCUT2D eigenvalue weighted by Crippen LogP contribution is 2.23. The van der Waals surface area contributed by atoms with Crippen molar-refractivity contribution < 1.29 is 18.1 Å². The van der Waals surface area contributed by atoms with Crippen LogP contribution in [0.5, 0.6) is 0 Å². The molecule has 3 rings (SSSR count). The summed E-state index contributed by atoms with van der Waals surface area (Å²) in [7, 11) is -0.468. The van der Waals surface area contributed by atoms with Crippen LogP contribution in [0.1, 0.15) is 23.8 Å².